The summed E-state index contributed by atoms with van der Waals surface area (Å²) in [5.41, 5.74) is 0. The van der Waals surface area contributed by atoms with Crippen LogP contribution in [0, 0.1) is 0 Å². The third kappa shape index (κ3) is 8.49. The maximum absolute atomic E-state index is 11.7. The zero-order valence-corrected chi connectivity index (χ0v) is 9.39. The first kappa shape index (κ1) is 15.7. The van der Waals surface area contributed by atoms with Gasteiger partial charge in [0.2, 0.25) is 5.91 Å². The second-order valence-corrected chi connectivity index (χ2v) is 3.20. The van der Waals surface area contributed by atoms with Crippen LogP contribution in [-0.4, -0.2) is 44.8 Å². The lowest BCUT2D eigenvalue weighted by Gasteiger charge is -2.08. The molecule has 8 heteroatoms. The van der Waals surface area contributed by atoms with Crippen molar-refractivity contribution >= 4 is 11.8 Å². The molecule has 0 rings (SSSR count). The molecule has 0 aromatic carbocycles. The summed E-state index contributed by atoms with van der Waals surface area (Å²) >= 11 is 0. The molecule has 100 valence electrons. The summed E-state index contributed by atoms with van der Waals surface area (Å²) < 4.78 is 39.9. The lowest BCUT2D eigenvalue weighted by Crippen LogP contribution is -2.39. The molecular weight excluding hydrogens is 241 g/mol. The number of methoxy groups -OCH3 is 1. The Hall–Kier alpha value is -1.31. The molecule has 0 aromatic rings. The van der Waals surface area contributed by atoms with Crippen LogP contribution in [0.5, 0.6) is 0 Å². The number of halogens is 3. The Morgan fingerprint density at radius 2 is 1.82 bits per heavy atom. The Bertz CT molecular complexity index is 256. The fraction of sp³-hybridized carbons (Fsp3) is 0.778. The van der Waals surface area contributed by atoms with E-state index in [0.717, 1.165) is 0 Å². The van der Waals surface area contributed by atoms with E-state index >= 15 is 0 Å². The molecule has 0 spiro atoms. The Morgan fingerprint density at radius 3 is 2.35 bits per heavy atom. The highest BCUT2D eigenvalue weighted by Crippen LogP contribution is 2.13. The molecule has 0 bridgehead atoms. The van der Waals surface area contributed by atoms with E-state index in [1.165, 1.54) is 7.11 Å². The van der Waals surface area contributed by atoms with E-state index in [4.69, 9.17) is 4.74 Å². The fourth-order valence-electron chi connectivity index (χ4n) is 0.922. The Kier molecular flexibility index (Phi) is 7.27. The van der Waals surface area contributed by atoms with Gasteiger partial charge in [-0.1, -0.05) is 0 Å². The van der Waals surface area contributed by atoms with Gasteiger partial charge in [0.1, 0.15) is 0 Å². The van der Waals surface area contributed by atoms with E-state index < -0.39 is 18.0 Å². The molecule has 0 atom stereocenters. The van der Waals surface area contributed by atoms with Crippen molar-refractivity contribution < 1.29 is 27.5 Å². The minimum absolute atomic E-state index is 0.186. The Morgan fingerprint density at radius 1 is 1.18 bits per heavy atom. The van der Waals surface area contributed by atoms with Gasteiger partial charge < -0.3 is 15.4 Å². The molecule has 0 aromatic heterocycles. The number of hydrogen-bond acceptors (Lipinski definition) is 3. The topological polar surface area (TPSA) is 67.4 Å². The second-order valence-electron chi connectivity index (χ2n) is 3.20. The normalized spacial score (nSPS) is 11.1. The SMILES string of the molecule is COCCCNC(=O)CCNC(=O)C(F)(F)F. The van der Waals surface area contributed by atoms with Crippen molar-refractivity contribution in [3.63, 3.8) is 0 Å². The van der Waals surface area contributed by atoms with E-state index in [2.05, 4.69) is 5.32 Å². The van der Waals surface area contributed by atoms with Crippen molar-refractivity contribution in [2.45, 2.75) is 19.0 Å². The third-order valence-electron chi connectivity index (χ3n) is 1.74. The first-order valence-electron chi connectivity index (χ1n) is 4.98. The molecule has 17 heavy (non-hydrogen) atoms. The molecule has 0 radical (unpaired) electrons. The molecule has 0 aliphatic carbocycles. The first-order valence-corrected chi connectivity index (χ1v) is 4.98. The summed E-state index contributed by atoms with van der Waals surface area (Å²) in [6, 6.07) is 0. The Balaban J connectivity index is 3.55. The fourth-order valence-corrected chi connectivity index (χ4v) is 0.922. The molecule has 2 amide bonds. The van der Waals surface area contributed by atoms with E-state index in [0.29, 0.717) is 19.6 Å². The minimum atomic E-state index is -4.91. The quantitative estimate of drug-likeness (QED) is 0.640. The van der Waals surface area contributed by atoms with Crippen LogP contribution < -0.4 is 10.6 Å². The highest BCUT2D eigenvalue weighted by Gasteiger charge is 2.38. The summed E-state index contributed by atoms with van der Waals surface area (Å²) in [7, 11) is 1.52. The number of amides is 2. The summed E-state index contributed by atoms with van der Waals surface area (Å²) in [4.78, 5) is 21.4. The standard InChI is InChI=1S/C9H15F3N2O3/c1-17-6-2-4-13-7(15)3-5-14-8(16)9(10,11)12/h2-6H2,1H3,(H,13,15)(H,14,16). The minimum Gasteiger partial charge on any atom is -0.385 e. The number of rotatable bonds is 7. The highest BCUT2D eigenvalue weighted by molar-refractivity contribution is 5.82. The van der Waals surface area contributed by atoms with Gasteiger partial charge in [-0.2, -0.15) is 13.2 Å². The molecule has 0 heterocycles. The first-order chi connectivity index (χ1) is 7.88. The largest absolute Gasteiger partial charge is 0.471 e. The van der Waals surface area contributed by atoms with Crippen LogP contribution in [0.15, 0.2) is 0 Å². The molecule has 0 fully saturated rings. The van der Waals surface area contributed by atoms with Crippen LogP contribution in [0.2, 0.25) is 0 Å². The summed E-state index contributed by atoms with van der Waals surface area (Å²) in [5.74, 6) is -2.45. The van der Waals surface area contributed by atoms with Crippen LogP contribution in [0.1, 0.15) is 12.8 Å². The molecule has 2 N–H and O–H groups in total. The van der Waals surface area contributed by atoms with Gasteiger partial charge in [0, 0.05) is 33.2 Å². The second kappa shape index (κ2) is 7.88. The highest BCUT2D eigenvalue weighted by atomic mass is 19.4. The van der Waals surface area contributed by atoms with Crippen molar-refractivity contribution in [1.29, 1.82) is 0 Å². The molecule has 0 aliphatic heterocycles. The molecule has 5 nitrogen and oxygen atoms in total. The maximum Gasteiger partial charge on any atom is 0.471 e. The van der Waals surface area contributed by atoms with E-state index in [1.807, 2.05) is 0 Å². The predicted molar refractivity (Wildman–Crippen MR) is 53.2 cm³/mol. The van der Waals surface area contributed by atoms with Crippen molar-refractivity contribution in [2.75, 3.05) is 26.8 Å². The lowest BCUT2D eigenvalue weighted by molar-refractivity contribution is -0.173. The van der Waals surface area contributed by atoms with Crippen molar-refractivity contribution in [1.82, 2.24) is 10.6 Å². The van der Waals surface area contributed by atoms with Gasteiger partial charge in [-0.15, -0.1) is 0 Å². The molecule has 0 aliphatic rings. The molecule has 0 saturated carbocycles. The van der Waals surface area contributed by atoms with Crippen LogP contribution in [0.4, 0.5) is 13.2 Å². The van der Waals surface area contributed by atoms with Gasteiger partial charge in [-0.25, -0.2) is 0 Å². The van der Waals surface area contributed by atoms with Crippen LogP contribution in [-0.2, 0) is 14.3 Å². The van der Waals surface area contributed by atoms with Gasteiger partial charge >= 0.3 is 12.1 Å². The van der Waals surface area contributed by atoms with Gasteiger partial charge in [-0.3, -0.25) is 9.59 Å². The number of carbonyl (C=O) groups is 2. The van der Waals surface area contributed by atoms with E-state index in [9.17, 15) is 22.8 Å². The summed E-state index contributed by atoms with van der Waals surface area (Å²) in [5, 5.41) is 4.08. The van der Waals surface area contributed by atoms with Gasteiger partial charge in [0.25, 0.3) is 0 Å². The number of alkyl halides is 3. The van der Waals surface area contributed by atoms with E-state index in [1.54, 1.807) is 5.32 Å². The zero-order valence-electron chi connectivity index (χ0n) is 9.39. The average molecular weight is 256 g/mol. The van der Waals surface area contributed by atoms with Crippen molar-refractivity contribution in [3.05, 3.63) is 0 Å². The third-order valence-corrected chi connectivity index (χ3v) is 1.74. The zero-order chi connectivity index (χ0) is 13.3. The van der Waals surface area contributed by atoms with Crippen LogP contribution in [0.3, 0.4) is 0 Å². The molecule has 0 saturated heterocycles. The van der Waals surface area contributed by atoms with Gasteiger partial charge in [0.05, 0.1) is 0 Å². The monoisotopic (exact) mass is 256 g/mol. The van der Waals surface area contributed by atoms with Gasteiger partial charge in [0.15, 0.2) is 0 Å². The Labute approximate surface area is 96.7 Å². The number of carbonyl (C=O) groups excluding carboxylic acids is 2. The number of ether oxygens (including phenoxy) is 1. The van der Waals surface area contributed by atoms with Gasteiger partial charge in [-0.05, 0) is 6.42 Å². The number of nitrogens with one attached hydrogen (secondary N) is 2. The number of hydrogen-bond donors (Lipinski definition) is 2. The molecular formula is C9H15F3N2O3. The lowest BCUT2D eigenvalue weighted by atomic mass is 10.3. The predicted octanol–water partition coefficient (Wildman–Crippen LogP) is 0.208. The smallest absolute Gasteiger partial charge is 0.385 e. The van der Waals surface area contributed by atoms with E-state index in [-0.39, 0.29) is 13.0 Å². The average Bonchev–Trinajstić information content (AvgIpc) is 2.23. The summed E-state index contributed by atoms with van der Waals surface area (Å²) in [6.45, 7) is 0.541. The van der Waals surface area contributed by atoms with Crippen molar-refractivity contribution in [2.24, 2.45) is 0 Å². The molecule has 0 unspecified atom stereocenters. The van der Waals surface area contributed by atoms with Crippen LogP contribution in [0.25, 0.3) is 0 Å². The summed E-state index contributed by atoms with van der Waals surface area (Å²) in [6.07, 6.45) is -4.47. The maximum atomic E-state index is 11.7. The van der Waals surface area contributed by atoms with Crippen molar-refractivity contribution in [3.8, 4) is 0 Å². The van der Waals surface area contributed by atoms with Crippen LogP contribution >= 0.6 is 0 Å².